The first-order valence-electron chi connectivity index (χ1n) is 8.29. The highest BCUT2D eigenvalue weighted by Crippen LogP contribution is 2.33. The molecule has 130 valence electrons. The Morgan fingerprint density at radius 3 is 2.65 bits per heavy atom. The van der Waals surface area contributed by atoms with Gasteiger partial charge in [0.15, 0.2) is 5.03 Å². The maximum absolute atomic E-state index is 13.0. The second kappa shape index (κ2) is 6.51. The number of rotatable bonds is 3. The van der Waals surface area contributed by atoms with Crippen LogP contribution in [-0.2, 0) is 21.8 Å². The Labute approximate surface area is 138 Å². The zero-order chi connectivity index (χ0) is 16.5. The number of aryl methyl sites for hydroxylation is 1. The molecule has 23 heavy (non-hydrogen) atoms. The van der Waals surface area contributed by atoms with Crippen molar-refractivity contribution < 1.29 is 13.2 Å². The lowest BCUT2D eigenvalue weighted by Gasteiger charge is -2.46. The van der Waals surface area contributed by atoms with Crippen LogP contribution in [0.15, 0.2) is 17.6 Å². The molecule has 0 bridgehead atoms. The molecule has 3 rings (SSSR count). The molecule has 0 amide bonds. The van der Waals surface area contributed by atoms with Gasteiger partial charge in [-0.15, -0.1) is 0 Å². The second-order valence-electron chi connectivity index (χ2n) is 6.49. The molecule has 0 saturated carbocycles. The Morgan fingerprint density at radius 1 is 1.30 bits per heavy atom. The van der Waals surface area contributed by atoms with E-state index in [-0.39, 0.29) is 10.6 Å². The first-order chi connectivity index (χ1) is 11.0. The standard InChI is InChI=1S/C15H26N4O3S/c1-3-18-7-4-8-19(12-15(18)5-9-22-10-6-15)23(20,21)14-11-17(2)13-16-14/h11,13H,3-10,12H2,1-2H3. The summed E-state index contributed by atoms with van der Waals surface area (Å²) in [4.78, 5) is 6.51. The van der Waals surface area contributed by atoms with Crippen LogP contribution in [0.1, 0.15) is 26.2 Å². The van der Waals surface area contributed by atoms with Crippen molar-refractivity contribution in [1.29, 1.82) is 0 Å². The van der Waals surface area contributed by atoms with Gasteiger partial charge in [0.1, 0.15) is 0 Å². The third kappa shape index (κ3) is 3.17. The summed E-state index contributed by atoms with van der Waals surface area (Å²) in [5.41, 5.74) is -0.106. The molecule has 2 aliphatic heterocycles. The van der Waals surface area contributed by atoms with Crippen LogP contribution in [0.2, 0.25) is 0 Å². The first-order valence-corrected chi connectivity index (χ1v) is 9.73. The van der Waals surface area contributed by atoms with Crippen molar-refractivity contribution >= 4 is 10.0 Å². The molecule has 2 saturated heterocycles. The highest BCUT2D eigenvalue weighted by atomic mass is 32.2. The molecule has 0 N–H and O–H groups in total. The Bertz CT molecular complexity index is 637. The minimum atomic E-state index is -3.54. The number of nitrogens with zero attached hydrogens (tertiary/aromatic N) is 4. The predicted octanol–water partition coefficient (Wildman–Crippen LogP) is 0.686. The number of ether oxygens (including phenoxy) is 1. The minimum absolute atomic E-state index is 0.106. The molecule has 1 aromatic rings. The zero-order valence-electron chi connectivity index (χ0n) is 13.9. The van der Waals surface area contributed by atoms with Crippen LogP contribution in [0.4, 0.5) is 0 Å². The van der Waals surface area contributed by atoms with Crippen molar-refractivity contribution in [3.05, 3.63) is 12.5 Å². The van der Waals surface area contributed by atoms with Crippen molar-refractivity contribution in [1.82, 2.24) is 18.8 Å². The van der Waals surface area contributed by atoms with Crippen LogP contribution < -0.4 is 0 Å². The highest BCUT2D eigenvalue weighted by molar-refractivity contribution is 7.89. The molecule has 7 nitrogen and oxygen atoms in total. The molecule has 8 heteroatoms. The van der Waals surface area contributed by atoms with Crippen molar-refractivity contribution in [3.63, 3.8) is 0 Å². The topological polar surface area (TPSA) is 67.7 Å². The van der Waals surface area contributed by atoms with Crippen LogP contribution >= 0.6 is 0 Å². The maximum Gasteiger partial charge on any atom is 0.262 e. The van der Waals surface area contributed by atoms with Gasteiger partial charge < -0.3 is 9.30 Å². The summed E-state index contributed by atoms with van der Waals surface area (Å²) >= 11 is 0. The van der Waals surface area contributed by atoms with Gasteiger partial charge in [0.2, 0.25) is 0 Å². The van der Waals surface area contributed by atoms with E-state index in [4.69, 9.17) is 4.74 Å². The molecule has 0 atom stereocenters. The van der Waals surface area contributed by atoms with Gasteiger partial charge in [-0.05, 0) is 32.4 Å². The van der Waals surface area contributed by atoms with Gasteiger partial charge in [-0.25, -0.2) is 13.4 Å². The number of sulfonamides is 1. The van der Waals surface area contributed by atoms with E-state index in [0.717, 1.165) is 32.4 Å². The Kier molecular flexibility index (Phi) is 4.78. The smallest absolute Gasteiger partial charge is 0.262 e. The highest BCUT2D eigenvalue weighted by Gasteiger charge is 2.44. The van der Waals surface area contributed by atoms with E-state index >= 15 is 0 Å². The molecule has 2 fully saturated rings. The average molecular weight is 342 g/mol. The third-order valence-corrected chi connectivity index (χ3v) is 6.80. The molecule has 0 aliphatic carbocycles. The van der Waals surface area contributed by atoms with Crippen LogP contribution in [0.3, 0.4) is 0 Å². The summed E-state index contributed by atoms with van der Waals surface area (Å²) < 4.78 is 34.8. The SMILES string of the molecule is CCN1CCCN(S(=O)(=O)c2cn(C)cn2)CC12CCOCC2. The summed E-state index contributed by atoms with van der Waals surface area (Å²) in [6, 6.07) is 0. The van der Waals surface area contributed by atoms with Crippen molar-refractivity contribution in [2.45, 2.75) is 36.8 Å². The van der Waals surface area contributed by atoms with Crippen molar-refractivity contribution in [3.8, 4) is 0 Å². The van der Waals surface area contributed by atoms with E-state index in [0.29, 0.717) is 26.3 Å². The molecule has 1 spiro atoms. The lowest BCUT2D eigenvalue weighted by atomic mass is 9.88. The summed E-state index contributed by atoms with van der Waals surface area (Å²) in [5.74, 6) is 0. The predicted molar refractivity (Wildman–Crippen MR) is 86.6 cm³/mol. The van der Waals surface area contributed by atoms with Crippen LogP contribution in [-0.4, -0.2) is 72.1 Å². The molecular formula is C15H26N4O3S. The van der Waals surface area contributed by atoms with E-state index in [2.05, 4.69) is 16.8 Å². The Balaban J connectivity index is 1.91. The second-order valence-corrected chi connectivity index (χ2v) is 8.37. The zero-order valence-corrected chi connectivity index (χ0v) is 14.8. The quantitative estimate of drug-likeness (QED) is 0.808. The fraction of sp³-hybridized carbons (Fsp3) is 0.800. The minimum Gasteiger partial charge on any atom is -0.381 e. The number of likely N-dealkylation sites (N-methyl/N-ethyl adjacent to an activating group) is 1. The van der Waals surface area contributed by atoms with Gasteiger partial charge in [0.25, 0.3) is 10.0 Å². The van der Waals surface area contributed by atoms with Gasteiger partial charge in [-0.3, -0.25) is 4.90 Å². The summed E-state index contributed by atoms with van der Waals surface area (Å²) in [6.07, 6.45) is 5.73. The molecule has 0 aromatic carbocycles. The fourth-order valence-electron chi connectivity index (χ4n) is 3.76. The molecule has 0 unspecified atom stereocenters. The molecule has 0 radical (unpaired) electrons. The number of imidazole rings is 1. The Morgan fingerprint density at radius 2 is 2.04 bits per heavy atom. The molecule has 1 aromatic heterocycles. The lowest BCUT2D eigenvalue weighted by Crippen LogP contribution is -2.57. The monoisotopic (exact) mass is 342 g/mol. The van der Waals surface area contributed by atoms with E-state index in [1.807, 2.05) is 0 Å². The lowest BCUT2D eigenvalue weighted by molar-refractivity contribution is -0.0263. The van der Waals surface area contributed by atoms with Gasteiger partial charge in [-0.1, -0.05) is 6.92 Å². The van der Waals surface area contributed by atoms with Gasteiger partial charge in [0.05, 0.1) is 6.33 Å². The van der Waals surface area contributed by atoms with Crippen LogP contribution in [0.5, 0.6) is 0 Å². The summed E-state index contributed by atoms with van der Waals surface area (Å²) in [6.45, 7) is 6.52. The molecule has 2 aliphatic rings. The van der Waals surface area contributed by atoms with Crippen LogP contribution in [0, 0.1) is 0 Å². The first kappa shape index (κ1) is 16.9. The van der Waals surface area contributed by atoms with Crippen LogP contribution in [0.25, 0.3) is 0 Å². The number of hydrogen-bond acceptors (Lipinski definition) is 5. The van der Waals surface area contributed by atoms with Gasteiger partial charge in [-0.2, -0.15) is 4.31 Å². The van der Waals surface area contributed by atoms with E-state index in [1.165, 1.54) is 6.33 Å². The van der Waals surface area contributed by atoms with Crippen molar-refractivity contribution in [2.24, 2.45) is 7.05 Å². The third-order valence-electron chi connectivity index (χ3n) is 5.07. The maximum atomic E-state index is 13.0. The van der Waals surface area contributed by atoms with E-state index < -0.39 is 10.0 Å². The molecule has 3 heterocycles. The van der Waals surface area contributed by atoms with E-state index in [1.54, 1.807) is 22.1 Å². The average Bonchev–Trinajstić information content (AvgIpc) is 2.90. The number of aromatic nitrogens is 2. The summed E-state index contributed by atoms with van der Waals surface area (Å²) in [5, 5.41) is 0.146. The summed E-state index contributed by atoms with van der Waals surface area (Å²) in [7, 11) is -1.75. The molecular weight excluding hydrogens is 316 g/mol. The van der Waals surface area contributed by atoms with Gasteiger partial charge in [0, 0.05) is 45.1 Å². The Hall–Kier alpha value is -0.960. The van der Waals surface area contributed by atoms with Crippen molar-refractivity contribution in [2.75, 3.05) is 39.4 Å². The largest absolute Gasteiger partial charge is 0.381 e. The number of hydrogen-bond donors (Lipinski definition) is 0. The fourth-order valence-corrected chi connectivity index (χ4v) is 5.29. The van der Waals surface area contributed by atoms with E-state index in [9.17, 15) is 8.42 Å². The van der Waals surface area contributed by atoms with Gasteiger partial charge >= 0.3 is 0 Å². The normalized spacial score (nSPS) is 23.9.